The van der Waals surface area contributed by atoms with Crippen molar-refractivity contribution in [1.29, 1.82) is 0 Å². The van der Waals surface area contributed by atoms with Crippen molar-refractivity contribution in [3.8, 4) is 0 Å². The molecule has 21 heavy (non-hydrogen) atoms. The zero-order valence-corrected chi connectivity index (χ0v) is 12.0. The number of benzene rings is 1. The van der Waals surface area contributed by atoms with Crippen molar-refractivity contribution >= 4 is 17.9 Å². The summed E-state index contributed by atoms with van der Waals surface area (Å²) in [6, 6.07) is 5.46. The molecule has 1 aromatic carbocycles. The quantitative estimate of drug-likeness (QED) is 0.607. The second-order valence-corrected chi connectivity index (χ2v) is 4.49. The first-order valence-electron chi connectivity index (χ1n) is 6.52. The van der Waals surface area contributed by atoms with Gasteiger partial charge in [0.05, 0.1) is 5.56 Å². The molecule has 0 spiro atoms. The molecule has 1 unspecified atom stereocenters. The second kappa shape index (κ2) is 7.88. The Labute approximate surface area is 122 Å². The van der Waals surface area contributed by atoms with Crippen LogP contribution in [0.5, 0.6) is 0 Å². The lowest BCUT2D eigenvalue weighted by atomic mass is 10.1. The minimum Gasteiger partial charge on any atom is -0.478 e. The molecule has 4 N–H and O–H groups in total. The Balaban J connectivity index is 2.39. The molecule has 0 heterocycles. The first kappa shape index (κ1) is 16.5. The van der Waals surface area contributed by atoms with Crippen LogP contribution in [0.15, 0.2) is 24.3 Å². The van der Waals surface area contributed by atoms with E-state index >= 15 is 0 Å². The van der Waals surface area contributed by atoms with Crippen molar-refractivity contribution in [2.24, 2.45) is 0 Å². The molecule has 1 atom stereocenters. The molecule has 1 rings (SSSR count). The molecule has 0 fully saturated rings. The van der Waals surface area contributed by atoms with Crippen LogP contribution in [0.1, 0.15) is 22.8 Å². The lowest BCUT2D eigenvalue weighted by Gasteiger charge is -2.13. The number of carboxylic acid groups (broad SMARTS) is 1. The molecule has 0 bridgehead atoms. The number of rotatable bonds is 6. The van der Waals surface area contributed by atoms with Crippen LogP contribution in [0, 0.1) is 0 Å². The predicted octanol–water partition coefficient (Wildman–Crippen LogP) is 0.361. The number of likely N-dealkylation sites (N-methyl/N-ethyl adjacent to an activating group) is 1. The Morgan fingerprint density at radius 3 is 2.62 bits per heavy atom. The summed E-state index contributed by atoms with van der Waals surface area (Å²) in [6.45, 7) is 1.92. The van der Waals surface area contributed by atoms with Crippen molar-refractivity contribution in [2.75, 3.05) is 13.6 Å². The number of carboxylic acids is 1. The summed E-state index contributed by atoms with van der Waals surface area (Å²) >= 11 is 0. The van der Waals surface area contributed by atoms with Gasteiger partial charge in [0.1, 0.15) is 6.04 Å². The second-order valence-electron chi connectivity index (χ2n) is 4.49. The molecule has 7 heteroatoms. The number of nitrogens with one attached hydrogen (secondary N) is 3. The van der Waals surface area contributed by atoms with Crippen LogP contribution in [-0.4, -0.2) is 42.6 Å². The first-order chi connectivity index (χ1) is 9.93. The minimum absolute atomic E-state index is 0.213. The van der Waals surface area contributed by atoms with Gasteiger partial charge in [-0.3, -0.25) is 4.79 Å². The highest BCUT2D eigenvalue weighted by molar-refractivity contribution is 5.88. The lowest BCUT2D eigenvalue weighted by molar-refractivity contribution is -0.122. The number of amides is 3. The number of urea groups is 1. The SMILES string of the molecule is CNC(=O)C(C)NC(=O)NCCc1cccc(C(=O)O)c1. The summed E-state index contributed by atoms with van der Waals surface area (Å²) in [7, 11) is 1.49. The zero-order chi connectivity index (χ0) is 15.8. The molecule has 0 saturated carbocycles. The van der Waals surface area contributed by atoms with Gasteiger partial charge < -0.3 is 21.1 Å². The zero-order valence-electron chi connectivity index (χ0n) is 12.0. The van der Waals surface area contributed by atoms with Crippen LogP contribution in [0.2, 0.25) is 0 Å². The smallest absolute Gasteiger partial charge is 0.335 e. The van der Waals surface area contributed by atoms with Gasteiger partial charge in [-0.25, -0.2) is 9.59 Å². The van der Waals surface area contributed by atoms with Gasteiger partial charge in [0.2, 0.25) is 5.91 Å². The summed E-state index contributed by atoms with van der Waals surface area (Å²) in [4.78, 5) is 33.6. The van der Waals surface area contributed by atoms with Gasteiger partial charge in [0.25, 0.3) is 0 Å². The lowest BCUT2D eigenvalue weighted by Crippen LogP contribution is -2.48. The maximum Gasteiger partial charge on any atom is 0.335 e. The summed E-state index contributed by atoms with van der Waals surface area (Å²) < 4.78 is 0. The fourth-order valence-corrected chi connectivity index (χ4v) is 1.71. The molecule has 0 aromatic heterocycles. The Morgan fingerprint density at radius 2 is 2.00 bits per heavy atom. The van der Waals surface area contributed by atoms with E-state index in [0.29, 0.717) is 13.0 Å². The van der Waals surface area contributed by atoms with Gasteiger partial charge in [-0.2, -0.15) is 0 Å². The van der Waals surface area contributed by atoms with E-state index in [9.17, 15) is 14.4 Å². The van der Waals surface area contributed by atoms with Crippen LogP contribution in [-0.2, 0) is 11.2 Å². The van der Waals surface area contributed by atoms with Crippen LogP contribution < -0.4 is 16.0 Å². The molecule has 0 saturated heterocycles. The van der Waals surface area contributed by atoms with Gasteiger partial charge in [0.15, 0.2) is 0 Å². The molecule has 0 aliphatic carbocycles. The third-order valence-corrected chi connectivity index (χ3v) is 2.86. The van der Waals surface area contributed by atoms with Crippen molar-refractivity contribution in [3.05, 3.63) is 35.4 Å². The van der Waals surface area contributed by atoms with Crippen LogP contribution in [0.4, 0.5) is 4.79 Å². The monoisotopic (exact) mass is 293 g/mol. The van der Waals surface area contributed by atoms with Gasteiger partial charge in [-0.05, 0) is 31.0 Å². The van der Waals surface area contributed by atoms with E-state index in [1.165, 1.54) is 13.1 Å². The van der Waals surface area contributed by atoms with Gasteiger partial charge in [0, 0.05) is 13.6 Å². The average molecular weight is 293 g/mol. The Kier molecular flexibility index (Phi) is 6.19. The predicted molar refractivity (Wildman–Crippen MR) is 77.2 cm³/mol. The number of aromatic carboxylic acids is 1. The minimum atomic E-state index is -0.984. The van der Waals surface area contributed by atoms with Crippen molar-refractivity contribution in [2.45, 2.75) is 19.4 Å². The van der Waals surface area contributed by atoms with Gasteiger partial charge >= 0.3 is 12.0 Å². The maximum absolute atomic E-state index is 11.5. The molecule has 0 aliphatic heterocycles. The van der Waals surface area contributed by atoms with Crippen molar-refractivity contribution in [1.82, 2.24) is 16.0 Å². The van der Waals surface area contributed by atoms with E-state index in [1.54, 1.807) is 25.1 Å². The number of hydrogen-bond donors (Lipinski definition) is 4. The van der Waals surface area contributed by atoms with Crippen molar-refractivity contribution in [3.63, 3.8) is 0 Å². The van der Waals surface area contributed by atoms with Gasteiger partial charge in [-0.15, -0.1) is 0 Å². The summed E-state index contributed by atoms with van der Waals surface area (Å²) in [5.74, 6) is -1.26. The molecule has 1 aromatic rings. The van der Waals surface area contributed by atoms with E-state index in [0.717, 1.165) is 5.56 Å². The molecule has 3 amide bonds. The van der Waals surface area contributed by atoms with Crippen LogP contribution >= 0.6 is 0 Å². The molecule has 7 nitrogen and oxygen atoms in total. The maximum atomic E-state index is 11.5. The Bertz CT molecular complexity index is 531. The topological polar surface area (TPSA) is 108 Å². The highest BCUT2D eigenvalue weighted by atomic mass is 16.4. The van der Waals surface area contributed by atoms with E-state index < -0.39 is 18.0 Å². The van der Waals surface area contributed by atoms with E-state index in [1.807, 2.05) is 0 Å². The number of hydrogen-bond acceptors (Lipinski definition) is 3. The fourth-order valence-electron chi connectivity index (χ4n) is 1.71. The third-order valence-electron chi connectivity index (χ3n) is 2.86. The molecule has 0 radical (unpaired) electrons. The summed E-state index contributed by atoms with van der Waals surface area (Å²) in [5, 5.41) is 16.4. The van der Waals surface area contributed by atoms with Crippen LogP contribution in [0.3, 0.4) is 0 Å². The highest BCUT2D eigenvalue weighted by Crippen LogP contribution is 2.05. The summed E-state index contributed by atoms with van der Waals surface area (Å²) in [6.07, 6.45) is 0.503. The molecule has 0 aliphatic rings. The Hall–Kier alpha value is -2.57. The van der Waals surface area contributed by atoms with Crippen LogP contribution in [0.25, 0.3) is 0 Å². The third kappa shape index (κ3) is 5.52. The van der Waals surface area contributed by atoms with Crippen molar-refractivity contribution < 1.29 is 19.5 Å². The molecular formula is C14H19N3O4. The van der Waals surface area contributed by atoms with E-state index in [-0.39, 0.29) is 11.5 Å². The molecular weight excluding hydrogens is 274 g/mol. The number of carbonyl (C=O) groups excluding carboxylic acids is 2. The molecule has 114 valence electrons. The number of carbonyl (C=O) groups is 3. The standard InChI is InChI=1S/C14H19N3O4/c1-9(12(18)15-2)17-14(21)16-7-6-10-4-3-5-11(8-10)13(19)20/h3-5,8-9H,6-7H2,1-2H3,(H,15,18)(H,19,20)(H2,16,17,21). The van der Waals surface area contributed by atoms with E-state index in [4.69, 9.17) is 5.11 Å². The summed E-state index contributed by atoms with van der Waals surface area (Å²) in [5.41, 5.74) is 1.03. The Morgan fingerprint density at radius 1 is 1.29 bits per heavy atom. The van der Waals surface area contributed by atoms with E-state index in [2.05, 4.69) is 16.0 Å². The van der Waals surface area contributed by atoms with Gasteiger partial charge in [-0.1, -0.05) is 12.1 Å². The first-order valence-corrected chi connectivity index (χ1v) is 6.52. The fraction of sp³-hybridized carbons (Fsp3) is 0.357. The average Bonchev–Trinajstić information content (AvgIpc) is 2.46. The largest absolute Gasteiger partial charge is 0.478 e. The highest BCUT2D eigenvalue weighted by Gasteiger charge is 2.13. The normalized spacial score (nSPS) is 11.3.